The zero-order chi connectivity index (χ0) is 22.6. The van der Waals surface area contributed by atoms with E-state index in [4.69, 9.17) is 5.73 Å². The van der Waals surface area contributed by atoms with Gasteiger partial charge < -0.3 is 31.7 Å². The highest BCUT2D eigenvalue weighted by Crippen LogP contribution is 2.26. The molecule has 3 atom stereocenters. The molecule has 0 saturated carbocycles. The fraction of sp³-hybridized carbons (Fsp3) is 0.789. The Bertz CT molecular complexity index is 638. The van der Waals surface area contributed by atoms with Gasteiger partial charge in [-0.2, -0.15) is 0 Å². The van der Waals surface area contributed by atoms with Gasteiger partial charge in [0.25, 0.3) is 0 Å². The van der Waals surface area contributed by atoms with Crippen molar-refractivity contribution >= 4 is 23.8 Å². The number of hydrogen-bond acceptors (Lipinski definition) is 5. The summed E-state index contributed by atoms with van der Waals surface area (Å²) < 4.78 is 0. The summed E-state index contributed by atoms with van der Waals surface area (Å²) in [6.45, 7) is 11.1. The normalized spacial score (nSPS) is 19.3. The maximum Gasteiger partial charge on any atom is 0.315 e. The van der Waals surface area contributed by atoms with Crippen LogP contribution in [0.1, 0.15) is 54.4 Å². The smallest absolute Gasteiger partial charge is 0.315 e. The van der Waals surface area contributed by atoms with Crippen molar-refractivity contribution < 1.29 is 24.3 Å². The highest BCUT2D eigenvalue weighted by atomic mass is 16.3. The average Bonchev–Trinajstić information content (AvgIpc) is 3.03. The maximum atomic E-state index is 13.2. The van der Waals surface area contributed by atoms with Crippen LogP contribution in [0.5, 0.6) is 0 Å². The molecule has 1 saturated heterocycles. The van der Waals surface area contributed by atoms with Crippen LogP contribution in [-0.4, -0.2) is 70.6 Å². The summed E-state index contributed by atoms with van der Waals surface area (Å²) in [5.41, 5.74) is 3.93. The van der Waals surface area contributed by atoms with Gasteiger partial charge in [-0.05, 0) is 39.0 Å². The van der Waals surface area contributed by atoms with Crippen LogP contribution >= 0.6 is 0 Å². The summed E-state index contributed by atoms with van der Waals surface area (Å²) in [6.07, 6.45) is -0.405. The van der Waals surface area contributed by atoms with E-state index in [9.17, 15) is 24.3 Å². The van der Waals surface area contributed by atoms with Crippen molar-refractivity contribution in [1.29, 1.82) is 0 Å². The van der Waals surface area contributed by atoms with E-state index in [1.54, 1.807) is 0 Å². The molecule has 0 bridgehead atoms. The zero-order valence-corrected chi connectivity index (χ0v) is 18.2. The Labute approximate surface area is 171 Å². The van der Waals surface area contributed by atoms with Crippen molar-refractivity contribution in [3.05, 3.63) is 0 Å². The molecule has 166 valence electrons. The molecule has 5 amide bonds. The van der Waals surface area contributed by atoms with Crippen molar-refractivity contribution in [1.82, 2.24) is 20.9 Å². The van der Waals surface area contributed by atoms with Crippen LogP contribution in [0, 0.1) is 5.41 Å². The first-order valence-electron chi connectivity index (χ1n) is 9.77. The van der Waals surface area contributed by atoms with Crippen LogP contribution in [0.25, 0.3) is 0 Å². The molecular weight excluding hydrogens is 378 g/mol. The number of carbonyl (C=O) groups is 4. The van der Waals surface area contributed by atoms with Crippen LogP contribution in [0.3, 0.4) is 0 Å². The molecule has 6 N–H and O–H groups in total. The Morgan fingerprint density at radius 2 is 1.72 bits per heavy atom. The maximum absolute atomic E-state index is 13.2. The number of nitrogens with two attached hydrogens (primary N) is 1. The lowest BCUT2D eigenvalue weighted by atomic mass is 9.85. The second-order valence-electron chi connectivity index (χ2n) is 9.50. The Balaban J connectivity index is 2.90. The lowest BCUT2D eigenvalue weighted by molar-refractivity contribution is -0.142. The molecule has 10 nitrogen and oxygen atoms in total. The van der Waals surface area contributed by atoms with Crippen molar-refractivity contribution in [2.75, 3.05) is 13.1 Å². The number of rotatable bonds is 6. The van der Waals surface area contributed by atoms with E-state index in [0.29, 0.717) is 19.4 Å². The molecule has 0 radical (unpaired) electrons. The van der Waals surface area contributed by atoms with Crippen LogP contribution in [0.4, 0.5) is 4.79 Å². The number of primary amides is 1. The van der Waals surface area contributed by atoms with E-state index in [1.165, 1.54) is 4.90 Å². The second kappa shape index (κ2) is 9.43. The highest BCUT2D eigenvalue weighted by molar-refractivity contribution is 5.93. The van der Waals surface area contributed by atoms with Gasteiger partial charge in [-0.3, -0.25) is 14.4 Å². The Morgan fingerprint density at radius 1 is 1.14 bits per heavy atom. The lowest BCUT2D eigenvalue weighted by Gasteiger charge is -2.36. The third-order valence-corrected chi connectivity index (χ3v) is 4.51. The Morgan fingerprint density at radius 3 is 2.21 bits per heavy atom. The van der Waals surface area contributed by atoms with Gasteiger partial charge in [0, 0.05) is 12.1 Å². The summed E-state index contributed by atoms with van der Waals surface area (Å²) in [7, 11) is 0. The molecule has 1 aliphatic heterocycles. The third-order valence-electron chi connectivity index (χ3n) is 4.51. The summed E-state index contributed by atoms with van der Waals surface area (Å²) in [4.78, 5) is 50.4. The molecule has 0 aromatic carbocycles. The predicted octanol–water partition coefficient (Wildman–Crippen LogP) is -0.548. The standard InChI is InChI=1S/C19H35N5O5/c1-18(2,3)13(22-17(29)23-19(4,5)6)16(28)24-9-7-8-11(24)15(27)21-10-12(25)14(20)26/h11-13,25H,7-10H2,1-6H3,(H2,20,26)(H,21,27)(H2,22,23,29). The number of nitrogens with zero attached hydrogens (tertiary/aromatic N) is 1. The minimum atomic E-state index is -1.49. The lowest BCUT2D eigenvalue weighted by Crippen LogP contribution is -2.60. The molecule has 1 rings (SSSR count). The van der Waals surface area contributed by atoms with Crippen LogP contribution < -0.4 is 21.7 Å². The topological polar surface area (TPSA) is 154 Å². The van der Waals surface area contributed by atoms with Gasteiger partial charge in [0.05, 0.1) is 6.54 Å². The zero-order valence-electron chi connectivity index (χ0n) is 18.2. The van der Waals surface area contributed by atoms with E-state index in [2.05, 4.69) is 16.0 Å². The van der Waals surface area contributed by atoms with Gasteiger partial charge in [0.1, 0.15) is 18.2 Å². The monoisotopic (exact) mass is 413 g/mol. The van der Waals surface area contributed by atoms with Gasteiger partial charge in [-0.15, -0.1) is 0 Å². The summed E-state index contributed by atoms with van der Waals surface area (Å²) in [6, 6.07) is -2.04. The molecule has 0 aliphatic carbocycles. The molecule has 3 unspecified atom stereocenters. The van der Waals surface area contributed by atoms with E-state index >= 15 is 0 Å². The average molecular weight is 414 g/mol. The fourth-order valence-electron chi connectivity index (χ4n) is 3.04. The van der Waals surface area contributed by atoms with Crippen LogP contribution in [-0.2, 0) is 14.4 Å². The van der Waals surface area contributed by atoms with Gasteiger partial charge in [0.15, 0.2) is 0 Å². The first kappa shape index (κ1) is 24.7. The molecule has 0 spiro atoms. The van der Waals surface area contributed by atoms with Crippen molar-refractivity contribution in [2.24, 2.45) is 11.1 Å². The van der Waals surface area contributed by atoms with Crippen LogP contribution in [0.2, 0.25) is 0 Å². The molecule has 0 aromatic rings. The number of hydrogen-bond donors (Lipinski definition) is 5. The number of aliphatic hydroxyl groups excluding tert-OH is 1. The molecule has 29 heavy (non-hydrogen) atoms. The van der Waals surface area contributed by atoms with E-state index in [1.807, 2.05) is 41.5 Å². The number of urea groups is 1. The second-order valence-corrected chi connectivity index (χ2v) is 9.50. The first-order valence-corrected chi connectivity index (χ1v) is 9.77. The van der Waals surface area contributed by atoms with Gasteiger partial charge in [-0.1, -0.05) is 20.8 Å². The molecular formula is C19H35N5O5. The summed E-state index contributed by atoms with van der Waals surface area (Å²) in [5.74, 6) is -1.76. The molecule has 1 fully saturated rings. The number of aliphatic hydroxyl groups is 1. The highest BCUT2D eigenvalue weighted by Gasteiger charge is 2.42. The van der Waals surface area contributed by atoms with Crippen molar-refractivity contribution in [3.8, 4) is 0 Å². The van der Waals surface area contributed by atoms with Gasteiger partial charge >= 0.3 is 6.03 Å². The number of carbonyl (C=O) groups excluding carboxylic acids is 4. The number of nitrogens with one attached hydrogen (secondary N) is 3. The Hall–Kier alpha value is -2.36. The number of amides is 5. The minimum Gasteiger partial charge on any atom is -0.381 e. The first-order chi connectivity index (χ1) is 13.1. The van der Waals surface area contributed by atoms with Gasteiger partial charge in [-0.25, -0.2) is 4.79 Å². The van der Waals surface area contributed by atoms with Crippen molar-refractivity contribution in [2.45, 2.75) is 78.1 Å². The summed E-state index contributed by atoms with van der Waals surface area (Å²) >= 11 is 0. The largest absolute Gasteiger partial charge is 0.381 e. The predicted molar refractivity (Wildman–Crippen MR) is 108 cm³/mol. The Kier molecular flexibility index (Phi) is 8.02. The SMILES string of the molecule is CC(C)(C)NC(=O)NC(C(=O)N1CCCC1C(=O)NCC(O)C(N)=O)C(C)(C)C. The molecule has 1 aliphatic rings. The molecule has 10 heteroatoms. The van der Waals surface area contributed by atoms with Crippen LogP contribution in [0.15, 0.2) is 0 Å². The molecule has 1 heterocycles. The van der Waals surface area contributed by atoms with E-state index in [-0.39, 0.29) is 12.5 Å². The van der Waals surface area contributed by atoms with Gasteiger partial charge in [0.2, 0.25) is 17.7 Å². The van der Waals surface area contributed by atoms with Crippen molar-refractivity contribution in [3.63, 3.8) is 0 Å². The minimum absolute atomic E-state index is 0.318. The number of likely N-dealkylation sites (tertiary alicyclic amines) is 1. The molecule has 0 aromatic heterocycles. The fourth-order valence-corrected chi connectivity index (χ4v) is 3.04. The quantitative estimate of drug-likeness (QED) is 0.395. The van der Waals surface area contributed by atoms with E-state index in [0.717, 1.165) is 0 Å². The third kappa shape index (κ3) is 7.52. The summed E-state index contributed by atoms with van der Waals surface area (Å²) in [5, 5.41) is 17.4. The van der Waals surface area contributed by atoms with E-state index < -0.39 is 47.0 Å².